The number of hydrogen-bond donors (Lipinski definition) is 1. The highest BCUT2D eigenvalue weighted by atomic mass is 19.4. The Labute approximate surface area is 109 Å². The first-order chi connectivity index (χ1) is 8.49. The van der Waals surface area contributed by atoms with E-state index in [1.807, 2.05) is 0 Å². The molecule has 1 N–H and O–H groups in total. The molecule has 2 amide bonds. The number of amides is 2. The van der Waals surface area contributed by atoms with Gasteiger partial charge in [-0.3, -0.25) is 4.79 Å². The lowest BCUT2D eigenvalue weighted by atomic mass is 9.68. The molecule has 0 aromatic rings. The Kier molecular flexibility index (Phi) is 4.37. The molecule has 0 aliphatic carbocycles. The zero-order chi connectivity index (χ0) is 14.8. The molecule has 110 valence electrons. The van der Waals surface area contributed by atoms with E-state index in [4.69, 9.17) is 4.74 Å². The van der Waals surface area contributed by atoms with Crippen LogP contribution in [0.1, 0.15) is 20.8 Å². The fraction of sp³-hybridized carbons (Fsp3) is 0.800. The summed E-state index contributed by atoms with van der Waals surface area (Å²) in [5, 5.41) is 2.21. The molecule has 1 heterocycles. The second-order valence-electron chi connectivity index (χ2n) is 5.54. The first-order valence-electron chi connectivity index (χ1n) is 5.93. The minimum Gasteiger partial charge on any atom is -0.449 e. The summed E-state index contributed by atoms with van der Waals surface area (Å²) < 4.78 is 41.7. The Morgan fingerprint density at radius 3 is 2.26 bits per heavy atom. The maximum Gasteiger partial charge on any atom is 0.484 e. The Morgan fingerprint density at radius 2 is 1.84 bits per heavy atom. The summed E-state index contributed by atoms with van der Waals surface area (Å²) in [7, 11) is 0. The van der Waals surface area contributed by atoms with E-state index < -0.39 is 30.4 Å². The highest BCUT2D eigenvalue weighted by molar-refractivity contribution is 6.60. The van der Waals surface area contributed by atoms with Crippen molar-refractivity contribution < 1.29 is 27.3 Å². The third-order valence-electron chi connectivity index (χ3n) is 2.58. The van der Waals surface area contributed by atoms with Crippen molar-refractivity contribution in [1.29, 1.82) is 0 Å². The molecule has 0 aromatic heterocycles. The lowest BCUT2D eigenvalue weighted by Gasteiger charge is -2.44. The second-order valence-corrected chi connectivity index (χ2v) is 5.54. The highest BCUT2D eigenvalue weighted by Crippen LogP contribution is 2.34. The van der Waals surface area contributed by atoms with Crippen LogP contribution in [0.3, 0.4) is 0 Å². The highest BCUT2D eigenvalue weighted by Gasteiger charge is 2.44. The van der Waals surface area contributed by atoms with Gasteiger partial charge in [0.15, 0.2) is 0 Å². The van der Waals surface area contributed by atoms with Gasteiger partial charge >= 0.3 is 13.1 Å². The van der Waals surface area contributed by atoms with E-state index in [9.17, 15) is 22.5 Å². The SMILES string of the molecule is CC(C)(C)OC(=O)NCC(=O)N1CC([B-](F)(F)F)C1. The largest absolute Gasteiger partial charge is 0.484 e. The molecule has 1 saturated heterocycles. The first-order valence-corrected chi connectivity index (χ1v) is 5.93. The van der Waals surface area contributed by atoms with Gasteiger partial charge in [-0.1, -0.05) is 0 Å². The van der Waals surface area contributed by atoms with E-state index in [1.165, 1.54) is 0 Å². The molecule has 0 radical (unpaired) electrons. The van der Waals surface area contributed by atoms with Gasteiger partial charge in [-0.25, -0.2) is 4.79 Å². The van der Waals surface area contributed by atoms with Gasteiger partial charge in [0, 0.05) is 13.1 Å². The Morgan fingerprint density at radius 1 is 1.32 bits per heavy atom. The van der Waals surface area contributed by atoms with Crippen molar-refractivity contribution in [1.82, 2.24) is 10.2 Å². The molecule has 1 aliphatic rings. The lowest BCUT2D eigenvalue weighted by molar-refractivity contribution is -0.133. The van der Waals surface area contributed by atoms with Crippen LogP contribution >= 0.6 is 0 Å². The third-order valence-corrected chi connectivity index (χ3v) is 2.58. The van der Waals surface area contributed by atoms with Crippen molar-refractivity contribution in [2.45, 2.75) is 32.2 Å². The first kappa shape index (κ1) is 15.7. The van der Waals surface area contributed by atoms with E-state index in [2.05, 4.69) is 5.32 Å². The van der Waals surface area contributed by atoms with Crippen molar-refractivity contribution in [3.8, 4) is 0 Å². The smallest absolute Gasteiger partial charge is 0.449 e. The number of nitrogens with one attached hydrogen (secondary N) is 1. The molecule has 0 unspecified atom stereocenters. The molecule has 0 aromatic carbocycles. The number of hydrogen-bond acceptors (Lipinski definition) is 3. The fourth-order valence-electron chi connectivity index (χ4n) is 1.53. The molecule has 0 bridgehead atoms. The summed E-state index contributed by atoms with van der Waals surface area (Å²) in [6.45, 7) is -0.885. The summed E-state index contributed by atoms with van der Waals surface area (Å²) in [5.41, 5.74) is -0.687. The minimum absolute atomic E-state index is 0.321. The maximum absolute atomic E-state index is 12.3. The Hall–Kier alpha value is -1.41. The second kappa shape index (κ2) is 5.30. The minimum atomic E-state index is -4.89. The zero-order valence-electron chi connectivity index (χ0n) is 11.1. The standard InChI is InChI=1S/C10H17BF3N2O3/c1-10(2,3)19-9(18)15-4-8(17)16-5-7(6-16)11(12,13)14/h7H,4-6H2,1-3H3,(H,15,18)/q-1. The van der Waals surface area contributed by atoms with Crippen molar-refractivity contribution in [2.24, 2.45) is 0 Å². The molecular weight excluding hydrogens is 264 g/mol. The number of halogens is 3. The number of carbonyl (C=O) groups is 2. The van der Waals surface area contributed by atoms with Gasteiger partial charge in [-0.05, 0) is 26.6 Å². The molecule has 1 rings (SSSR count). The van der Waals surface area contributed by atoms with Crippen molar-refractivity contribution in [2.75, 3.05) is 19.6 Å². The number of likely N-dealkylation sites (tertiary alicyclic amines) is 1. The summed E-state index contributed by atoms with van der Waals surface area (Å²) in [4.78, 5) is 23.8. The van der Waals surface area contributed by atoms with Crippen LogP contribution in [0, 0.1) is 0 Å². The average Bonchev–Trinajstić information content (AvgIpc) is 2.06. The van der Waals surface area contributed by atoms with E-state index in [1.54, 1.807) is 20.8 Å². The molecule has 1 fully saturated rings. The van der Waals surface area contributed by atoms with Gasteiger partial charge in [-0.15, -0.1) is 0 Å². The number of carbonyl (C=O) groups excluding carboxylic acids is 2. The van der Waals surface area contributed by atoms with Crippen molar-refractivity contribution >= 4 is 19.0 Å². The normalized spacial score (nSPS) is 16.8. The van der Waals surface area contributed by atoms with Crippen LogP contribution in [0.25, 0.3) is 0 Å². The van der Waals surface area contributed by atoms with E-state index in [-0.39, 0.29) is 19.6 Å². The lowest BCUT2D eigenvalue weighted by Crippen LogP contribution is -2.56. The predicted molar refractivity (Wildman–Crippen MR) is 63.6 cm³/mol. The molecule has 0 spiro atoms. The Bertz CT molecular complexity index is 362. The van der Waals surface area contributed by atoms with Crippen LogP contribution in [0.4, 0.5) is 17.7 Å². The van der Waals surface area contributed by atoms with Gasteiger partial charge in [0.1, 0.15) is 12.1 Å². The van der Waals surface area contributed by atoms with Gasteiger partial charge < -0.3 is 27.9 Å². The van der Waals surface area contributed by atoms with Crippen molar-refractivity contribution in [3.05, 3.63) is 0 Å². The summed E-state index contributed by atoms with van der Waals surface area (Å²) in [6, 6.07) is 0. The predicted octanol–water partition coefficient (Wildman–Crippen LogP) is 1.57. The number of ether oxygens (including phenoxy) is 1. The molecule has 1 aliphatic heterocycles. The van der Waals surface area contributed by atoms with Crippen LogP contribution in [-0.4, -0.2) is 49.1 Å². The topological polar surface area (TPSA) is 58.6 Å². The summed E-state index contributed by atoms with van der Waals surface area (Å²) in [5.74, 6) is -1.94. The molecule has 19 heavy (non-hydrogen) atoms. The van der Waals surface area contributed by atoms with Crippen LogP contribution in [0.15, 0.2) is 0 Å². The average molecular weight is 281 g/mol. The quantitative estimate of drug-likeness (QED) is 0.799. The van der Waals surface area contributed by atoms with Crippen molar-refractivity contribution in [3.63, 3.8) is 0 Å². The van der Waals surface area contributed by atoms with Crippen LogP contribution in [0.5, 0.6) is 0 Å². The number of nitrogens with zero attached hydrogens (tertiary/aromatic N) is 1. The summed E-state index contributed by atoms with van der Waals surface area (Å²) in [6.07, 6.45) is -0.766. The van der Waals surface area contributed by atoms with E-state index in [0.717, 1.165) is 4.90 Å². The van der Waals surface area contributed by atoms with Crippen LogP contribution in [-0.2, 0) is 9.53 Å². The summed E-state index contributed by atoms with van der Waals surface area (Å²) >= 11 is 0. The van der Waals surface area contributed by atoms with Crippen LogP contribution < -0.4 is 5.32 Å². The molecule has 0 saturated carbocycles. The number of alkyl carbamates (subject to hydrolysis) is 1. The van der Waals surface area contributed by atoms with E-state index in [0.29, 0.717) is 0 Å². The monoisotopic (exact) mass is 281 g/mol. The maximum atomic E-state index is 12.3. The van der Waals surface area contributed by atoms with Gasteiger partial charge in [-0.2, -0.15) is 0 Å². The van der Waals surface area contributed by atoms with Gasteiger partial charge in [0.05, 0.1) is 0 Å². The van der Waals surface area contributed by atoms with E-state index >= 15 is 0 Å². The fourth-order valence-corrected chi connectivity index (χ4v) is 1.53. The Balaban J connectivity index is 2.26. The van der Waals surface area contributed by atoms with Gasteiger partial charge in [0.2, 0.25) is 5.91 Å². The molecule has 5 nitrogen and oxygen atoms in total. The van der Waals surface area contributed by atoms with Gasteiger partial charge in [0.25, 0.3) is 0 Å². The third kappa shape index (κ3) is 5.00. The van der Waals surface area contributed by atoms with Crippen LogP contribution in [0.2, 0.25) is 5.82 Å². The number of rotatable bonds is 3. The molecule has 9 heteroatoms. The molecule has 0 atom stereocenters. The zero-order valence-corrected chi connectivity index (χ0v) is 11.1. The molecular formula is C10H17BF3N2O3-.